The first-order valence-electron chi connectivity index (χ1n) is 7.69. The summed E-state index contributed by atoms with van der Waals surface area (Å²) < 4.78 is 28.7. The molecule has 1 aromatic carbocycles. The van der Waals surface area contributed by atoms with Crippen molar-refractivity contribution in [2.24, 2.45) is 0 Å². The fourth-order valence-corrected chi connectivity index (χ4v) is 5.84. The van der Waals surface area contributed by atoms with Crippen LogP contribution in [0.5, 0.6) is 0 Å². The van der Waals surface area contributed by atoms with Crippen LogP contribution < -0.4 is 4.72 Å². The molecule has 3 rings (SSSR count). The van der Waals surface area contributed by atoms with Gasteiger partial charge in [-0.1, -0.05) is 33.6 Å². The van der Waals surface area contributed by atoms with Crippen LogP contribution >= 0.6 is 38.9 Å². The van der Waals surface area contributed by atoms with Crippen molar-refractivity contribution in [1.29, 1.82) is 0 Å². The fraction of sp³-hybridized carbons (Fsp3) is 0.375. The van der Waals surface area contributed by atoms with Gasteiger partial charge in [-0.2, -0.15) is 0 Å². The summed E-state index contributed by atoms with van der Waals surface area (Å²) in [6.07, 6.45) is 2.32. The third kappa shape index (κ3) is 4.20. The van der Waals surface area contributed by atoms with E-state index in [-0.39, 0.29) is 16.0 Å². The highest BCUT2D eigenvalue weighted by atomic mass is 79.9. The molecule has 0 radical (unpaired) electrons. The Bertz CT molecular complexity index is 790. The van der Waals surface area contributed by atoms with Crippen LogP contribution in [0.2, 0.25) is 5.02 Å². The highest BCUT2D eigenvalue weighted by Crippen LogP contribution is 2.29. The Labute approximate surface area is 160 Å². The molecular formula is C16H18BrClN2O2S2. The molecule has 2 aromatic rings. The SMILES string of the molecule is O=S(=O)(NCC(c1cccs1)N1CCCC1)c1ccc(Br)cc1Cl. The summed E-state index contributed by atoms with van der Waals surface area (Å²) in [7, 11) is -3.65. The van der Waals surface area contributed by atoms with E-state index < -0.39 is 10.0 Å². The van der Waals surface area contributed by atoms with E-state index in [4.69, 9.17) is 11.6 Å². The standard InChI is InChI=1S/C16H18BrClN2O2S2/c17-12-5-6-16(13(18)10-12)24(21,22)19-11-14(15-4-3-9-23-15)20-7-1-2-8-20/h3-6,9-10,14,19H,1-2,7-8,11H2. The van der Waals surface area contributed by atoms with Crippen LogP contribution in [-0.4, -0.2) is 33.0 Å². The number of benzene rings is 1. The van der Waals surface area contributed by atoms with E-state index in [0.29, 0.717) is 6.54 Å². The van der Waals surface area contributed by atoms with Crippen LogP contribution in [0.4, 0.5) is 0 Å². The zero-order valence-corrected chi connectivity index (χ0v) is 16.9. The first-order chi connectivity index (χ1) is 11.5. The Kier molecular flexibility index (Phi) is 6.00. The van der Waals surface area contributed by atoms with Gasteiger partial charge < -0.3 is 0 Å². The third-order valence-electron chi connectivity index (χ3n) is 4.10. The van der Waals surface area contributed by atoms with E-state index in [9.17, 15) is 8.42 Å². The highest BCUT2D eigenvalue weighted by Gasteiger charge is 2.27. The maximum atomic E-state index is 12.6. The smallest absolute Gasteiger partial charge is 0.242 e. The minimum atomic E-state index is -3.65. The van der Waals surface area contributed by atoms with Crippen LogP contribution in [-0.2, 0) is 10.0 Å². The van der Waals surface area contributed by atoms with Crippen molar-refractivity contribution in [1.82, 2.24) is 9.62 Å². The first kappa shape index (κ1) is 18.4. The average molecular weight is 450 g/mol. The largest absolute Gasteiger partial charge is 0.294 e. The maximum Gasteiger partial charge on any atom is 0.242 e. The van der Waals surface area contributed by atoms with Gasteiger partial charge in [-0.15, -0.1) is 11.3 Å². The van der Waals surface area contributed by atoms with Gasteiger partial charge in [-0.05, 0) is 55.6 Å². The summed E-state index contributed by atoms with van der Waals surface area (Å²) in [5, 5.41) is 2.24. The first-order valence-corrected chi connectivity index (χ1v) is 11.2. The van der Waals surface area contributed by atoms with E-state index in [0.717, 1.165) is 30.4 Å². The molecule has 1 aromatic heterocycles. The van der Waals surface area contributed by atoms with Gasteiger partial charge in [0.05, 0.1) is 11.1 Å². The molecule has 8 heteroatoms. The Balaban J connectivity index is 1.78. The number of rotatable bonds is 6. The van der Waals surface area contributed by atoms with Crippen LogP contribution in [0.15, 0.2) is 45.1 Å². The molecule has 1 fully saturated rings. The Morgan fingerprint density at radius 2 is 2.04 bits per heavy atom. The zero-order valence-electron chi connectivity index (χ0n) is 12.9. The lowest BCUT2D eigenvalue weighted by Crippen LogP contribution is -2.36. The maximum absolute atomic E-state index is 12.6. The molecule has 1 atom stereocenters. The number of halogens is 2. The van der Waals surface area contributed by atoms with Crippen molar-refractivity contribution >= 4 is 48.9 Å². The van der Waals surface area contributed by atoms with Crippen LogP contribution in [0.1, 0.15) is 23.8 Å². The second kappa shape index (κ2) is 7.85. The van der Waals surface area contributed by atoms with Crippen molar-refractivity contribution in [3.63, 3.8) is 0 Å². The molecular weight excluding hydrogens is 432 g/mol. The van der Waals surface area contributed by atoms with Gasteiger partial charge in [0.1, 0.15) is 4.90 Å². The van der Waals surface area contributed by atoms with Gasteiger partial charge in [0.2, 0.25) is 10.0 Å². The monoisotopic (exact) mass is 448 g/mol. The molecule has 1 unspecified atom stereocenters. The van der Waals surface area contributed by atoms with Crippen molar-refractivity contribution < 1.29 is 8.42 Å². The summed E-state index contributed by atoms with van der Waals surface area (Å²) in [6.45, 7) is 2.35. The minimum Gasteiger partial charge on any atom is -0.294 e. The lowest BCUT2D eigenvalue weighted by molar-refractivity contribution is 0.250. The molecule has 0 bridgehead atoms. The molecule has 1 saturated heterocycles. The molecule has 1 aliphatic rings. The summed E-state index contributed by atoms with van der Waals surface area (Å²) in [5.74, 6) is 0. The molecule has 1 aliphatic heterocycles. The van der Waals surface area contributed by atoms with Crippen molar-refractivity contribution in [3.8, 4) is 0 Å². The van der Waals surface area contributed by atoms with E-state index in [1.165, 1.54) is 10.9 Å². The molecule has 24 heavy (non-hydrogen) atoms. The highest BCUT2D eigenvalue weighted by molar-refractivity contribution is 9.10. The van der Waals surface area contributed by atoms with Gasteiger partial charge in [-0.3, -0.25) is 4.90 Å². The quantitative estimate of drug-likeness (QED) is 0.716. The molecule has 0 aliphatic carbocycles. The van der Waals surface area contributed by atoms with Crippen molar-refractivity contribution in [2.75, 3.05) is 19.6 Å². The number of hydrogen-bond donors (Lipinski definition) is 1. The lowest BCUT2D eigenvalue weighted by atomic mass is 10.2. The van der Waals surface area contributed by atoms with Gasteiger partial charge in [0.25, 0.3) is 0 Å². The molecule has 0 saturated carbocycles. The van der Waals surface area contributed by atoms with Gasteiger partial charge in [0.15, 0.2) is 0 Å². The minimum absolute atomic E-state index is 0.0662. The van der Waals surface area contributed by atoms with E-state index in [1.54, 1.807) is 23.5 Å². The second-order valence-electron chi connectivity index (χ2n) is 5.70. The van der Waals surface area contributed by atoms with Crippen LogP contribution in [0.25, 0.3) is 0 Å². The van der Waals surface area contributed by atoms with Gasteiger partial charge >= 0.3 is 0 Å². The summed E-state index contributed by atoms with van der Waals surface area (Å²) >= 11 is 11.1. The van der Waals surface area contributed by atoms with Crippen molar-refractivity contribution in [3.05, 3.63) is 50.1 Å². The number of likely N-dealkylation sites (tertiary alicyclic amines) is 1. The number of nitrogens with one attached hydrogen (secondary N) is 1. The van der Waals surface area contributed by atoms with E-state index in [2.05, 4.69) is 31.6 Å². The molecule has 0 amide bonds. The fourth-order valence-electron chi connectivity index (χ4n) is 2.90. The molecule has 4 nitrogen and oxygen atoms in total. The Morgan fingerprint density at radius 3 is 2.67 bits per heavy atom. The van der Waals surface area contributed by atoms with Crippen molar-refractivity contribution in [2.45, 2.75) is 23.8 Å². The lowest BCUT2D eigenvalue weighted by Gasteiger charge is -2.27. The summed E-state index contributed by atoms with van der Waals surface area (Å²) in [5.41, 5.74) is 0. The number of hydrogen-bond acceptors (Lipinski definition) is 4. The summed E-state index contributed by atoms with van der Waals surface area (Å²) in [6, 6.07) is 8.92. The topological polar surface area (TPSA) is 49.4 Å². The third-order valence-corrected chi connectivity index (χ3v) is 7.48. The number of thiophene rings is 1. The Hall–Kier alpha value is -0.440. The molecule has 130 valence electrons. The molecule has 0 spiro atoms. The second-order valence-corrected chi connectivity index (χ2v) is 9.74. The number of sulfonamides is 1. The van der Waals surface area contributed by atoms with Gasteiger partial charge in [-0.25, -0.2) is 13.1 Å². The van der Waals surface area contributed by atoms with Crippen LogP contribution in [0.3, 0.4) is 0 Å². The zero-order chi connectivity index (χ0) is 17.2. The van der Waals surface area contributed by atoms with E-state index in [1.807, 2.05) is 11.4 Å². The summed E-state index contributed by atoms with van der Waals surface area (Å²) in [4.78, 5) is 3.64. The number of nitrogens with zero attached hydrogens (tertiary/aromatic N) is 1. The van der Waals surface area contributed by atoms with Crippen LogP contribution in [0, 0.1) is 0 Å². The predicted molar refractivity (Wildman–Crippen MR) is 102 cm³/mol. The predicted octanol–water partition coefficient (Wildman–Crippen LogP) is 4.28. The molecule has 1 N–H and O–H groups in total. The van der Waals surface area contributed by atoms with E-state index >= 15 is 0 Å². The molecule has 2 heterocycles. The van der Waals surface area contributed by atoms with Gasteiger partial charge in [0, 0.05) is 15.9 Å². The average Bonchev–Trinajstić information content (AvgIpc) is 3.20. The Morgan fingerprint density at radius 1 is 1.29 bits per heavy atom. The normalized spacial score (nSPS) is 17.2.